The molecular weight excluding hydrogens is 274 g/mol. The Labute approximate surface area is 130 Å². The molecule has 0 saturated heterocycles. The van der Waals surface area contributed by atoms with Crippen LogP contribution in [0.5, 0.6) is 0 Å². The van der Waals surface area contributed by atoms with E-state index >= 15 is 0 Å². The molecule has 22 heavy (non-hydrogen) atoms. The molecule has 4 heteroatoms. The fourth-order valence-corrected chi connectivity index (χ4v) is 3.35. The number of pyridine rings is 1. The molecule has 0 radical (unpaired) electrons. The van der Waals surface area contributed by atoms with Gasteiger partial charge in [0.2, 0.25) is 0 Å². The molecule has 2 N–H and O–H groups in total. The van der Waals surface area contributed by atoms with E-state index in [-0.39, 0.29) is 5.56 Å². The lowest BCUT2D eigenvalue weighted by molar-refractivity contribution is 0.523. The van der Waals surface area contributed by atoms with E-state index < -0.39 is 0 Å². The van der Waals surface area contributed by atoms with E-state index in [4.69, 9.17) is 0 Å². The van der Waals surface area contributed by atoms with E-state index in [0.717, 1.165) is 25.9 Å². The van der Waals surface area contributed by atoms with Gasteiger partial charge in [-0.15, -0.1) is 0 Å². The second kappa shape index (κ2) is 5.61. The van der Waals surface area contributed by atoms with Crippen LogP contribution in [-0.4, -0.2) is 17.2 Å². The predicted octanol–water partition coefficient (Wildman–Crippen LogP) is 2.31. The standard InChI is InChI=1S/C18H21N3O/c22-18-15(20-12-13-5-2-1-3-6-13)7-8-17-14-11-16(14)19-9-4-10-21(17)18/h1-3,5-8,14,16,19-20H,4,9-12H2. The van der Waals surface area contributed by atoms with Gasteiger partial charge in [-0.05, 0) is 37.1 Å². The van der Waals surface area contributed by atoms with Crippen LogP contribution in [0.2, 0.25) is 0 Å². The SMILES string of the molecule is O=c1c(NCc2ccccc2)ccc2n1CCCNC1CC21. The summed E-state index contributed by atoms with van der Waals surface area (Å²) in [7, 11) is 0. The molecule has 2 aliphatic rings. The zero-order chi connectivity index (χ0) is 14.9. The highest BCUT2D eigenvalue weighted by atomic mass is 16.1. The van der Waals surface area contributed by atoms with E-state index in [2.05, 4.69) is 28.8 Å². The van der Waals surface area contributed by atoms with Gasteiger partial charge in [0.25, 0.3) is 5.56 Å². The first-order valence-electron chi connectivity index (χ1n) is 8.08. The molecule has 1 aliphatic heterocycles. The van der Waals surface area contributed by atoms with Gasteiger partial charge in [-0.2, -0.15) is 0 Å². The van der Waals surface area contributed by atoms with Crippen LogP contribution in [0.15, 0.2) is 47.3 Å². The quantitative estimate of drug-likeness (QED) is 0.913. The van der Waals surface area contributed by atoms with Gasteiger partial charge in [0.05, 0.1) is 0 Å². The molecule has 114 valence electrons. The van der Waals surface area contributed by atoms with Gasteiger partial charge in [0, 0.05) is 30.7 Å². The average molecular weight is 295 g/mol. The van der Waals surface area contributed by atoms with E-state index in [9.17, 15) is 4.79 Å². The van der Waals surface area contributed by atoms with Gasteiger partial charge in [0.1, 0.15) is 5.69 Å². The molecule has 1 aromatic heterocycles. The van der Waals surface area contributed by atoms with Gasteiger partial charge in [-0.1, -0.05) is 30.3 Å². The third-order valence-corrected chi connectivity index (χ3v) is 4.67. The van der Waals surface area contributed by atoms with Crippen molar-refractivity contribution in [3.05, 3.63) is 64.1 Å². The number of hydrogen-bond donors (Lipinski definition) is 2. The molecule has 4 rings (SSSR count). The summed E-state index contributed by atoms with van der Waals surface area (Å²) in [6, 6.07) is 14.8. The molecule has 0 bridgehead atoms. The number of aromatic nitrogens is 1. The molecule has 2 heterocycles. The van der Waals surface area contributed by atoms with Crippen molar-refractivity contribution in [1.82, 2.24) is 9.88 Å². The summed E-state index contributed by atoms with van der Waals surface area (Å²) in [6.45, 7) is 2.50. The van der Waals surface area contributed by atoms with Crippen LogP contribution in [0.4, 0.5) is 5.69 Å². The van der Waals surface area contributed by atoms with Crippen LogP contribution in [0.25, 0.3) is 0 Å². The first kappa shape index (κ1) is 13.6. The van der Waals surface area contributed by atoms with Gasteiger partial charge >= 0.3 is 0 Å². The van der Waals surface area contributed by atoms with Crippen molar-refractivity contribution < 1.29 is 0 Å². The van der Waals surface area contributed by atoms with E-state index in [1.54, 1.807) is 0 Å². The molecule has 4 nitrogen and oxygen atoms in total. The molecular formula is C18H21N3O. The number of nitrogens with one attached hydrogen (secondary N) is 2. The molecule has 2 atom stereocenters. The van der Waals surface area contributed by atoms with Crippen molar-refractivity contribution in [1.29, 1.82) is 0 Å². The first-order valence-corrected chi connectivity index (χ1v) is 8.08. The monoisotopic (exact) mass is 295 g/mol. The predicted molar refractivity (Wildman–Crippen MR) is 88.2 cm³/mol. The molecule has 2 unspecified atom stereocenters. The summed E-state index contributed by atoms with van der Waals surface area (Å²) in [4.78, 5) is 12.7. The Balaban J connectivity index is 1.59. The van der Waals surface area contributed by atoms with E-state index in [0.29, 0.717) is 24.2 Å². The highest BCUT2D eigenvalue weighted by molar-refractivity contribution is 5.44. The van der Waals surface area contributed by atoms with Crippen molar-refractivity contribution in [3.8, 4) is 0 Å². The number of benzene rings is 1. The Morgan fingerprint density at radius 3 is 2.91 bits per heavy atom. The minimum atomic E-state index is 0.126. The summed E-state index contributed by atoms with van der Waals surface area (Å²) in [6.07, 6.45) is 2.18. The summed E-state index contributed by atoms with van der Waals surface area (Å²) >= 11 is 0. The number of fused-ring (bicyclic) bond motifs is 3. The lowest BCUT2D eigenvalue weighted by Crippen LogP contribution is -2.31. The topological polar surface area (TPSA) is 46.1 Å². The van der Waals surface area contributed by atoms with Gasteiger partial charge in [-0.3, -0.25) is 4.79 Å². The molecule has 2 aromatic rings. The summed E-state index contributed by atoms with van der Waals surface area (Å²) < 4.78 is 1.98. The van der Waals surface area contributed by atoms with Crippen molar-refractivity contribution in [2.75, 3.05) is 11.9 Å². The Kier molecular flexibility index (Phi) is 3.47. The maximum absolute atomic E-state index is 12.7. The van der Waals surface area contributed by atoms with Crippen LogP contribution in [0.1, 0.15) is 30.0 Å². The van der Waals surface area contributed by atoms with Crippen LogP contribution in [0.3, 0.4) is 0 Å². The minimum absolute atomic E-state index is 0.126. The molecule has 1 aromatic carbocycles. The van der Waals surface area contributed by atoms with Crippen LogP contribution in [-0.2, 0) is 13.1 Å². The van der Waals surface area contributed by atoms with Crippen molar-refractivity contribution in [3.63, 3.8) is 0 Å². The highest BCUT2D eigenvalue weighted by Gasteiger charge is 2.40. The number of hydrogen-bond acceptors (Lipinski definition) is 3. The summed E-state index contributed by atoms with van der Waals surface area (Å²) in [5.41, 5.74) is 3.22. The third-order valence-electron chi connectivity index (χ3n) is 4.67. The van der Waals surface area contributed by atoms with Crippen molar-refractivity contribution in [2.45, 2.75) is 37.9 Å². The maximum atomic E-state index is 12.7. The van der Waals surface area contributed by atoms with Crippen LogP contribution in [0, 0.1) is 0 Å². The number of rotatable bonds is 3. The van der Waals surface area contributed by atoms with Gasteiger partial charge in [-0.25, -0.2) is 0 Å². The number of nitrogens with zero attached hydrogens (tertiary/aromatic N) is 1. The average Bonchev–Trinajstić information content (AvgIpc) is 3.28. The number of anilines is 1. The van der Waals surface area contributed by atoms with Crippen molar-refractivity contribution in [2.24, 2.45) is 0 Å². The zero-order valence-electron chi connectivity index (χ0n) is 12.6. The minimum Gasteiger partial charge on any atom is -0.377 e. The second-order valence-electron chi connectivity index (χ2n) is 6.22. The molecule has 1 saturated carbocycles. The Hall–Kier alpha value is -2.07. The Morgan fingerprint density at radius 1 is 1.18 bits per heavy atom. The normalized spacial score (nSPS) is 22.9. The van der Waals surface area contributed by atoms with E-state index in [1.165, 1.54) is 11.3 Å². The van der Waals surface area contributed by atoms with Gasteiger partial charge in [0.15, 0.2) is 0 Å². The molecule has 1 fully saturated rings. The largest absolute Gasteiger partial charge is 0.377 e. The lowest BCUT2D eigenvalue weighted by atomic mass is 10.2. The maximum Gasteiger partial charge on any atom is 0.274 e. The summed E-state index contributed by atoms with van der Waals surface area (Å²) in [5.74, 6) is 0.524. The van der Waals surface area contributed by atoms with Crippen LogP contribution < -0.4 is 16.2 Å². The Morgan fingerprint density at radius 2 is 2.05 bits per heavy atom. The molecule has 0 amide bonds. The fourth-order valence-electron chi connectivity index (χ4n) is 3.35. The summed E-state index contributed by atoms with van der Waals surface area (Å²) in [5, 5.41) is 6.84. The van der Waals surface area contributed by atoms with Crippen molar-refractivity contribution >= 4 is 5.69 Å². The highest BCUT2D eigenvalue weighted by Crippen LogP contribution is 2.41. The smallest absolute Gasteiger partial charge is 0.274 e. The second-order valence-corrected chi connectivity index (χ2v) is 6.22. The lowest BCUT2D eigenvalue weighted by Gasteiger charge is -2.18. The van der Waals surface area contributed by atoms with E-state index in [1.807, 2.05) is 28.8 Å². The molecule has 1 aliphatic carbocycles. The van der Waals surface area contributed by atoms with Crippen LogP contribution >= 0.6 is 0 Å². The fraction of sp³-hybridized carbons (Fsp3) is 0.389. The molecule has 0 spiro atoms. The zero-order valence-corrected chi connectivity index (χ0v) is 12.6. The first-order chi connectivity index (χ1) is 10.8. The third kappa shape index (κ3) is 2.55. The van der Waals surface area contributed by atoms with Gasteiger partial charge < -0.3 is 15.2 Å². The Bertz CT molecular complexity index is 723.